The molecule has 3 heterocycles. The average Bonchev–Trinajstić information content (AvgIpc) is 0.787. The Morgan fingerprint density at radius 1 is 0.328 bits per heavy atom. The van der Waals surface area contributed by atoms with Crippen molar-refractivity contribution in [2.75, 3.05) is 0 Å². The number of aliphatic hydroxyl groups is 3. The van der Waals surface area contributed by atoms with Gasteiger partial charge in [-0.25, -0.2) is 0 Å². The van der Waals surface area contributed by atoms with Gasteiger partial charge < -0.3 is 15.3 Å². The van der Waals surface area contributed by atoms with Crippen LogP contribution >= 0.6 is 0 Å². The van der Waals surface area contributed by atoms with E-state index in [-0.39, 0.29) is 106 Å². The third-order valence-electron chi connectivity index (χ3n) is 19.7. The largest absolute Gasteiger partial charge is 0.512 e. The van der Waals surface area contributed by atoms with Gasteiger partial charge in [0.15, 0.2) is 17.3 Å². The normalized spacial score (nSPS) is 11.7. The number of benzene rings is 9. The first-order valence-corrected chi connectivity index (χ1v) is 41.8. The number of ketones is 3. The number of carbonyl (C=O) groups excluding carboxylic acids is 3. The van der Waals surface area contributed by atoms with Crippen molar-refractivity contribution >= 4 is 50.1 Å². The molecule has 0 aliphatic carbocycles. The minimum absolute atomic E-state index is 0. The van der Waals surface area contributed by atoms with Crippen molar-refractivity contribution in [1.29, 1.82) is 0 Å². The second kappa shape index (κ2) is 46.5. The summed E-state index contributed by atoms with van der Waals surface area (Å²) in [4.78, 5) is 48.0. The van der Waals surface area contributed by atoms with E-state index in [2.05, 4.69) is 303 Å². The van der Waals surface area contributed by atoms with Crippen LogP contribution in [0.25, 0.3) is 99.9 Å². The second-order valence-corrected chi connectivity index (χ2v) is 37.5. The van der Waals surface area contributed by atoms with Crippen molar-refractivity contribution < 1.29 is 90.0 Å². The van der Waals surface area contributed by atoms with Gasteiger partial charge in [0.2, 0.25) is 0 Å². The van der Waals surface area contributed by atoms with Crippen LogP contribution < -0.4 is 0 Å². The van der Waals surface area contributed by atoms with E-state index in [0.717, 1.165) is 86.3 Å². The molecule has 0 amide bonds. The van der Waals surface area contributed by atoms with Gasteiger partial charge in [-0.1, -0.05) is 293 Å². The molecule has 0 saturated carbocycles. The van der Waals surface area contributed by atoms with E-state index >= 15 is 0 Å². The molecule has 0 saturated heterocycles. The minimum Gasteiger partial charge on any atom is -0.512 e. The van der Waals surface area contributed by atoms with Gasteiger partial charge in [-0.05, 0) is 168 Å². The first-order chi connectivity index (χ1) is 55.5. The fraction of sp³-hybridized carbons (Fsp3) is 0.345. The van der Waals surface area contributed by atoms with Crippen molar-refractivity contribution in [2.24, 2.45) is 39.4 Å². The average molecular weight is 2170 g/mol. The summed E-state index contributed by atoms with van der Waals surface area (Å²) in [7, 11) is 0. The first kappa shape index (κ1) is 105. The van der Waals surface area contributed by atoms with Gasteiger partial charge >= 0.3 is 0 Å². The predicted octanol–water partition coefficient (Wildman–Crippen LogP) is 29.4. The number of aromatic nitrogens is 3. The number of carbonyl (C=O) groups is 3. The summed E-state index contributed by atoms with van der Waals surface area (Å²) in [5.41, 5.74) is 29.3. The molecule has 9 aromatic carbocycles. The number of aliphatic hydroxyl groups excluding tert-OH is 3. The van der Waals surface area contributed by atoms with E-state index in [1.54, 1.807) is 0 Å². The molecule has 0 unspecified atom stereocenters. The number of hydrogen-bond donors (Lipinski definition) is 3. The Bertz CT molecular complexity index is 5320. The molecule has 12 aromatic rings. The number of rotatable bonds is 15. The van der Waals surface area contributed by atoms with Crippen molar-refractivity contribution in [3.05, 3.63) is 303 Å². The van der Waals surface area contributed by atoms with Gasteiger partial charge in [0.1, 0.15) is 11.5 Å². The molecule has 9 nitrogen and oxygen atoms in total. The molecule has 3 aromatic heterocycles. The molecule has 0 bridgehead atoms. The summed E-state index contributed by atoms with van der Waals surface area (Å²) in [5, 5.41) is 31.2. The van der Waals surface area contributed by atoms with Crippen LogP contribution in [0.1, 0.15) is 200 Å². The third kappa shape index (κ3) is 32.8. The monoisotopic (exact) mass is 2170 g/mol. The number of aryl methyl sites for hydroxylation is 8. The van der Waals surface area contributed by atoms with Crippen molar-refractivity contribution in [1.82, 2.24) is 15.0 Å². The number of fused-ring (bicyclic) bond motifs is 3. The zero-order valence-corrected chi connectivity index (χ0v) is 84.6. The van der Waals surface area contributed by atoms with Crippen LogP contribution in [-0.4, -0.2) is 47.6 Å². The van der Waals surface area contributed by atoms with Gasteiger partial charge in [-0.2, -0.15) is 0 Å². The number of nitrogens with zero attached hydrogens (tertiary/aromatic N) is 3. The van der Waals surface area contributed by atoms with E-state index in [4.69, 9.17) is 20.1 Å². The summed E-state index contributed by atoms with van der Waals surface area (Å²) in [6.45, 7) is 55.7. The molecule has 122 heavy (non-hydrogen) atoms. The van der Waals surface area contributed by atoms with E-state index < -0.39 is 10.8 Å². The summed E-state index contributed by atoms with van der Waals surface area (Å²) in [6, 6.07) is 78.3. The van der Waals surface area contributed by atoms with Gasteiger partial charge in [-0.15, -0.1) is 105 Å². The number of allylic oxidation sites excluding steroid dienone is 6. The number of pyridine rings is 3. The molecular weight excluding hydrogens is 2040 g/mol. The van der Waals surface area contributed by atoms with Crippen LogP contribution in [0.2, 0.25) is 0 Å². The molecular formula is C110H130Ir3N3O6-3. The summed E-state index contributed by atoms with van der Waals surface area (Å²) < 4.78 is 0. The smallest absolute Gasteiger partial charge is 0.164 e. The van der Waals surface area contributed by atoms with Gasteiger partial charge in [0, 0.05) is 116 Å². The Morgan fingerprint density at radius 2 is 0.590 bits per heavy atom. The van der Waals surface area contributed by atoms with Crippen LogP contribution in [-0.2, 0) is 94.0 Å². The van der Waals surface area contributed by atoms with Crippen molar-refractivity contribution in [3.63, 3.8) is 0 Å². The minimum atomic E-state index is -0.417. The maximum absolute atomic E-state index is 11.5. The Morgan fingerprint density at radius 3 is 0.811 bits per heavy atom. The maximum atomic E-state index is 11.5. The molecule has 651 valence electrons. The number of hydrogen-bond acceptors (Lipinski definition) is 9. The van der Waals surface area contributed by atoms with Gasteiger partial charge in [0.05, 0.1) is 22.3 Å². The van der Waals surface area contributed by atoms with Crippen molar-refractivity contribution in [2.45, 2.75) is 213 Å². The van der Waals surface area contributed by atoms with Gasteiger partial charge in [0.25, 0.3) is 0 Å². The Kier molecular flexibility index (Phi) is 40.1. The van der Waals surface area contributed by atoms with Crippen LogP contribution in [0, 0.1) is 113 Å². The van der Waals surface area contributed by atoms with Crippen LogP contribution in [0.15, 0.2) is 224 Å². The maximum Gasteiger partial charge on any atom is 0.164 e. The Hall–Kier alpha value is -9.21. The van der Waals surface area contributed by atoms with E-state index in [1.807, 2.05) is 83.1 Å². The van der Waals surface area contributed by atoms with Crippen molar-refractivity contribution in [3.8, 4) is 67.2 Å². The molecule has 0 atom stereocenters. The SMILES string of the molecule is CC(=O)C=C(C)O.CC(C)(C)C(=O)C=C(O)C(C)(C)C.CC(C)(C)C(=O)C=C(O)C(C)(C)C.Cc1[c-]c(-c2cc(CC(C)C)c3cc(-c4ccc(C)cc4)ccc3n2)cc(C)c1.Cc1[c-]c(-c2cc(CC(C)C)c3cc(-c4ccc(C)cc4)ccc3n2)cc(C)c1.Cc1[c-]c(-c2cc(CC(C)C)c3cc(-c4ccccc4)ccc3n2)cc(C)c1.[Ir].[Ir].[Ir]. The second-order valence-electron chi connectivity index (χ2n) is 37.5. The summed E-state index contributed by atoms with van der Waals surface area (Å²) >= 11 is 0. The van der Waals surface area contributed by atoms with E-state index in [1.165, 1.54) is 126 Å². The molecule has 3 N–H and O–H groups in total. The molecule has 0 aliphatic heterocycles. The fourth-order valence-electron chi connectivity index (χ4n) is 13.3. The van der Waals surface area contributed by atoms with Crippen LogP contribution in [0.3, 0.4) is 0 Å². The summed E-state index contributed by atoms with van der Waals surface area (Å²) in [6.07, 6.45) is 6.94. The zero-order chi connectivity index (χ0) is 88.3. The Balaban J connectivity index is 0.000000323. The van der Waals surface area contributed by atoms with Gasteiger partial charge in [-0.3, -0.25) is 29.3 Å². The molecule has 12 rings (SSSR count). The molecule has 12 heteroatoms. The quantitative estimate of drug-likeness (QED) is 0.0518. The molecule has 0 fully saturated rings. The summed E-state index contributed by atoms with van der Waals surface area (Å²) in [5.74, 6) is 1.90. The van der Waals surface area contributed by atoms with E-state index in [0.29, 0.717) is 17.8 Å². The fourth-order valence-corrected chi connectivity index (χ4v) is 13.3. The third-order valence-corrected chi connectivity index (χ3v) is 19.7. The van der Waals surface area contributed by atoms with Crippen LogP contribution in [0.5, 0.6) is 0 Å². The molecule has 3 radical (unpaired) electrons. The van der Waals surface area contributed by atoms with Crippen LogP contribution in [0.4, 0.5) is 0 Å². The Labute approximate surface area is 771 Å². The topological polar surface area (TPSA) is 151 Å². The first-order valence-electron chi connectivity index (χ1n) is 41.8. The predicted molar refractivity (Wildman–Crippen MR) is 504 cm³/mol. The molecule has 0 spiro atoms. The molecule has 0 aliphatic rings. The van der Waals surface area contributed by atoms with E-state index in [9.17, 15) is 24.6 Å². The zero-order valence-electron chi connectivity index (χ0n) is 77.4. The standard InChI is InChI=1S/2C28H28N.C27H26N.2C11H20O2.C5H8O2.3Ir/c2*1-18(2)12-24-17-28(25-14-20(4)13-21(5)15-25)29-27-11-10-23(16-26(24)27)22-8-6-19(3)7-9-22;1-18(2)12-23-17-27(24-14-19(3)13-20(4)15-24)28-26-11-10-22(16-25(23)26)21-8-6-5-7-9-21;2*1-10(2,3)8(12)7-9(13)11(4,5)6;1-4(6)3-5(2)7;;;/h2*6-11,13-14,16-18H,12H2,1-5H3;5-11,13-14,16-18H,12H2,1-4H3;2*7,12H,1-6H3;3,6H,1-2H3;;;/q3*-1;;;;;;.